The van der Waals surface area contributed by atoms with Crippen molar-refractivity contribution < 1.29 is 18.4 Å². The summed E-state index contributed by atoms with van der Waals surface area (Å²) in [4.78, 5) is 27.0. The Morgan fingerprint density at radius 2 is 2.00 bits per heavy atom. The molecule has 1 aliphatic heterocycles. The molecule has 1 saturated heterocycles. The van der Waals surface area contributed by atoms with Crippen molar-refractivity contribution in [2.45, 2.75) is 38.5 Å². The predicted molar refractivity (Wildman–Crippen MR) is 111 cm³/mol. The van der Waals surface area contributed by atoms with Gasteiger partial charge in [-0.3, -0.25) is 14.5 Å². The number of carbonyl (C=O) groups excluding carboxylic acids is 2. The van der Waals surface area contributed by atoms with E-state index in [-0.39, 0.29) is 35.2 Å². The van der Waals surface area contributed by atoms with Crippen LogP contribution >= 0.6 is 11.3 Å². The third-order valence-electron chi connectivity index (χ3n) is 5.05. The van der Waals surface area contributed by atoms with E-state index in [1.165, 1.54) is 23.5 Å². The first-order valence-electron chi connectivity index (χ1n) is 9.97. The maximum absolute atomic E-state index is 13.0. The molecule has 10 heteroatoms. The molecule has 4 rings (SSSR count). The second kappa shape index (κ2) is 9.80. The molecule has 31 heavy (non-hydrogen) atoms. The lowest BCUT2D eigenvalue weighted by molar-refractivity contribution is -0.125. The van der Waals surface area contributed by atoms with Gasteiger partial charge in [0.25, 0.3) is 5.91 Å². The van der Waals surface area contributed by atoms with Gasteiger partial charge in [0.2, 0.25) is 10.9 Å². The highest BCUT2D eigenvalue weighted by atomic mass is 32.1. The van der Waals surface area contributed by atoms with Crippen molar-refractivity contribution in [2.24, 2.45) is 0 Å². The van der Waals surface area contributed by atoms with Crippen LogP contribution in [0.1, 0.15) is 39.0 Å². The van der Waals surface area contributed by atoms with Gasteiger partial charge in [-0.2, -0.15) is 0 Å². The van der Waals surface area contributed by atoms with Crippen molar-refractivity contribution >= 4 is 23.2 Å². The zero-order valence-electron chi connectivity index (χ0n) is 16.7. The first kappa shape index (κ1) is 21.1. The summed E-state index contributed by atoms with van der Waals surface area (Å²) in [5.74, 6) is 0.00920. The minimum atomic E-state index is -0.331. The van der Waals surface area contributed by atoms with Gasteiger partial charge in [0, 0.05) is 6.54 Å². The second-order valence-electron chi connectivity index (χ2n) is 7.24. The molecular formula is C21H22FN5O3S. The van der Waals surface area contributed by atoms with Gasteiger partial charge < -0.3 is 15.1 Å². The highest BCUT2D eigenvalue weighted by Gasteiger charge is 2.31. The summed E-state index contributed by atoms with van der Waals surface area (Å²) < 4.78 is 18.2. The van der Waals surface area contributed by atoms with Gasteiger partial charge in [0.05, 0.1) is 25.4 Å². The third-order valence-corrected chi connectivity index (χ3v) is 5.96. The first-order chi connectivity index (χ1) is 15.1. The molecule has 1 aliphatic rings. The van der Waals surface area contributed by atoms with Gasteiger partial charge in [-0.05, 0) is 49.2 Å². The first-order valence-corrected chi connectivity index (χ1v) is 10.8. The lowest BCUT2D eigenvalue weighted by Gasteiger charge is -2.22. The molecule has 3 heterocycles. The number of likely N-dealkylation sites (tertiary alicyclic amines) is 1. The Labute approximate surface area is 182 Å². The number of carbonyl (C=O) groups is 2. The molecule has 0 radical (unpaired) electrons. The third kappa shape index (κ3) is 5.53. The lowest BCUT2D eigenvalue weighted by Crippen LogP contribution is -2.42. The van der Waals surface area contributed by atoms with Gasteiger partial charge in [-0.1, -0.05) is 23.5 Å². The Hall–Kier alpha value is -3.11. The van der Waals surface area contributed by atoms with E-state index in [9.17, 15) is 14.0 Å². The fourth-order valence-electron chi connectivity index (χ4n) is 3.46. The number of hydrogen-bond acceptors (Lipinski definition) is 7. The highest BCUT2D eigenvalue weighted by Crippen LogP contribution is 2.22. The molecule has 1 unspecified atom stereocenters. The number of halogens is 1. The maximum atomic E-state index is 13.0. The van der Waals surface area contributed by atoms with Crippen molar-refractivity contribution in [3.63, 3.8) is 0 Å². The number of hydrogen-bond donors (Lipinski definition) is 2. The molecule has 0 spiro atoms. The van der Waals surface area contributed by atoms with Crippen LogP contribution in [0.2, 0.25) is 0 Å². The normalized spacial score (nSPS) is 16.4. The SMILES string of the molecule is O=C(NCc1ccc(F)cc1)c1nnc(CN2CCCC2C(=O)NCc2ccco2)s1. The minimum absolute atomic E-state index is 0.0457. The largest absolute Gasteiger partial charge is 0.467 e. The molecule has 2 N–H and O–H groups in total. The van der Waals surface area contributed by atoms with Crippen molar-refractivity contribution in [3.8, 4) is 0 Å². The molecule has 1 atom stereocenters. The van der Waals surface area contributed by atoms with Crippen LogP contribution in [0.3, 0.4) is 0 Å². The van der Waals surface area contributed by atoms with Crippen LogP contribution in [0.4, 0.5) is 4.39 Å². The van der Waals surface area contributed by atoms with E-state index in [0.29, 0.717) is 23.9 Å². The molecular weight excluding hydrogens is 421 g/mol. The second-order valence-corrected chi connectivity index (χ2v) is 8.30. The van der Waals surface area contributed by atoms with Crippen LogP contribution in [0, 0.1) is 5.82 Å². The van der Waals surface area contributed by atoms with E-state index in [2.05, 4.69) is 25.7 Å². The topological polar surface area (TPSA) is 100 Å². The van der Waals surface area contributed by atoms with Gasteiger partial charge >= 0.3 is 0 Å². The Balaban J connectivity index is 1.29. The van der Waals surface area contributed by atoms with E-state index in [1.54, 1.807) is 24.5 Å². The van der Waals surface area contributed by atoms with Gasteiger partial charge in [0.15, 0.2) is 0 Å². The summed E-state index contributed by atoms with van der Waals surface area (Å²) in [5.41, 5.74) is 0.792. The molecule has 1 aromatic carbocycles. The quantitative estimate of drug-likeness (QED) is 0.555. The Morgan fingerprint density at radius 3 is 2.77 bits per heavy atom. The fourth-order valence-corrected chi connectivity index (χ4v) is 4.24. The molecule has 0 aliphatic carbocycles. The van der Waals surface area contributed by atoms with Crippen molar-refractivity contribution in [2.75, 3.05) is 6.54 Å². The zero-order chi connectivity index (χ0) is 21.6. The van der Waals surface area contributed by atoms with Gasteiger partial charge in [0.1, 0.15) is 16.6 Å². The number of furan rings is 1. The number of amides is 2. The van der Waals surface area contributed by atoms with E-state index < -0.39 is 0 Å². The molecule has 162 valence electrons. The summed E-state index contributed by atoms with van der Waals surface area (Å²) in [6.45, 7) is 1.87. The van der Waals surface area contributed by atoms with Gasteiger partial charge in [-0.15, -0.1) is 10.2 Å². The Kier molecular flexibility index (Phi) is 6.68. The van der Waals surface area contributed by atoms with Crippen molar-refractivity contribution in [1.82, 2.24) is 25.7 Å². The number of rotatable bonds is 8. The summed E-state index contributed by atoms with van der Waals surface area (Å²) in [6, 6.07) is 9.29. The van der Waals surface area contributed by atoms with E-state index in [0.717, 1.165) is 24.9 Å². The van der Waals surface area contributed by atoms with Crippen LogP contribution in [-0.4, -0.2) is 39.5 Å². The lowest BCUT2D eigenvalue weighted by atomic mass is 10.2. The van der Waals surface area contributed by atoms with Crippen molar-refractivity contribution in [3.05, 3.63) is 69.8 Å². The van der Waals surface area contributed by atoms with Crippen LogP contribution in [0.15, 0.2) is 47.1 Å². The standard InChI is InChI=1S/C21H22FN5O3S/c22-15-7-5-14(6-8-15)11-23-20(29)21-26-25-18(31-21)13-27-9-1-4-17(27)19(28)24-12-16-3-2-10-30-16/h2-3,5-8,10,17H,1,4,9,11-13H2,(H,23,29)(H,24,28). The number of benzene rings is 1. The summed E-state index contributed by atoms with van der Waals surface area (Å²) in [6.07, 6.45) is 3.27. The van der Waals surface area contributed by atoms with Crippen LogP contribution in [-0.2, 0) is 24.4 Å². The summed E-state index contributed by atoms with van der Waals surface area (Å²) >= 11 is 1.21. The molecule has 2 aromatic heterocycles. The van der Waals surface area contributed by atoms with Crippen molar-refractivity contribution in [1.29, 1.82) is 0 Å². The molecule has 0 bridgehead atoms. The summed E-state index contributed by atoms with van der Waals surface area (Å²) in [5, 5.41) is 14.7. The zero-order valence-corrected chi connectivity index (χ0v) is 17.5. The van der Waals surface area contributed by atoms with Gasteiger partial charge in [-0.25, -0.2) is 4.39 Å². The monoisotopic (exact) mass is 443 g/mol. The predicted octanol–water partition coefficient (Wildman–Crippen LogP) is 2.48. The van der Waals surface area contributed by atoms with Crippen LogP contribution < -0.4 is 10.6 Å². The number of aromatic nitrogens is 2. The average Bonchev–Trinajstić information content (AvgIpc) is 3.54. The van der Waals surface area contributed by atoms with E-state index in [4.69, 9.17) is 4.42 Å². The number of nitrogens with one attached hydrogen (secondary N) is 2. The van der Waals surface area contributed by atoms with Crippen LogP contribution in [0.25, 0.3) is 0 Å². The molecule has 0 saturated carbocycles. The smallest absolute Gasteiger partial charge is 0.282 e. The average molecular weight is 444 g/mol. The van der Waals surface area contributed by atoms with Crippen LogP contribution in [0.5, 0.6) is 0 Å². The Bertz CT molecular complexity index is 1020. The minimum Gasteiger partial charge on any atom is -0.467 e. The summed E-state index contributed by atoms with van der Waals surface area (Å²) in [7, 11) is 0. The van der Waals surface area contributed by atoms with E-state index >= 15 is 0 Å². The molecule has 3 aromatic rings. The highest BCUT2D eigenvalue weighted by molar-refractivity contribution is 7.13. The molecule has 1 fully saturated rings. The molecule has 2 amide bonds. The van der Waals surface area contributed by atoms with E-state index in [1.807, 2.05) is 6.07 Å². The molecule has 8 nitrogen and oxygen atoms in total. The number of nitrogens with zero attached hydrogens (tertiary/aromatic N) is 3. The fraction of sp³-hybridized carbons (Fsp3) is 0.333. The maximum Gasteiger partial charge on any atom is 0.282 e. The Morgan fingerprint density at radius 1 is 1.16 bits per heavy atom.